The molecule has 3 N–H and O–H groups in total. The Kier molecular flexibility index (Phi) is 5.39. The highest BCUT2D eigenvalue weighted by molar-refractivity contribution is 7.89. The van der Waals surface area contributed by atoms with Crippen LogP contribution in [0.3, 0.4) is 0 Å². The Labute approximate surface area is 111 Å². The van der Waals surface area contributed by atoms with Crippen molar-refractivity contribution >= 4 is 15.9 Å². The van der Waals surface area contributed by atoms with Gasteiger partial charge in [0.2, 0.25) is 10.0 Å². The van der Waals surface area contributed by atoms with Crippen molar-refractivity contribution < 1.29 is 13.2 Å². The number of carbonyl (C=O) groups is 1. The van der Waals surface area contributed by atoms with Crippen molar-refractivity contribution in [2.45, 2.75) is 6.54 Å². The number of nitrogens with two attached hydrogens (primary N) is 1. The van der Waals surface area contributed by atoms with Gasteiger partial charge in [-0.25, -0.2) is 12.7 Å². The summed E-state index contributed by atoms with van der Waals surface area (Å²) in [5.41, 5.74) is 5.48. The minimum absolute atomic E-state index is 0.0170. The smallest absolute Gasteiger partial charge is 0.273 e. The maximum Gasteiger partial charge on any atom is 0.273 e. The fraction of sp³-hybridized carbons (Fsp3) is 0.667. The van der Waals surface area contributed by atoms with Crippen LogP contribution in [-0.4, -0.2) is 66.6 Å². The van der Waals surface area contributed by atoms with Crippen molar-refractivity contribution in [3.63, 3.8) is 0 Å². The van der Waals surface area contributed by atoms with Gasteiger partial charge in [-0.05, 0) is 0 Å². The average molecular weight is 290 g/mol. The van der Waals surface area contributed by atoms with E-state index in [1.54, 1.807) is 0 Å². The number of carbonyl (C=O) groups excluding carboxylic acids is 1. The normalized spacial score (nSPS) is 11.8. The Morgan fingerprint density at radius 3 is 2.79 bits per heavy atom. The van der Waals surface area contributed by atoms with Crippen LogP contribution in [0.1, 0.15) is 10.5 Å². The van der Waals surface area contributed by atoms with E-state index >= 15 is 0 Å². The molecule has 0 bridgehead atoms. The standard InChI is InChI=1S/C9H18N6O3S/c1-14(2)19(17,18)6-4-11-9(16)8-7-15(5-3-10)13-12-8/h7H,3-6,10H2,1-2H3,(H,11,16). The molecule has 1 aromatic heterocycles. The lowest BCUT2D eigenvalue weighted by molar-refractivity contribution is 0.0951. The number of nitrogens with zero attached hydrogens (tertiary/aromatic N) is 4. The van der Waals surface area contributed by atoms with E-state index in [0.29, 0.717) is 13.1 Å². The van der Waals surface area contributed by atoms with Gasteiger partial charge in [-0.3, -0.25) is 9.48 Å². The lowest BCUT2D eigenvalue weighted by Gasteiger charge is -2.10. The second kappa shape index (κ2) is 6.59. The number of amides is 1. The largest absolute Gasteiger partial charge is 0.350 e. The van der Waals surface area contributed by atoms with E-state index < -0.39 is 15.9 Å². The molecule has 0 saturated heterocycles. The van der Waals surface area contributed by atoms with Crippen molar-refractivity contribution in [1.82, 2.24) is 24.6 Å². The van der Waals surface area contributed by atoms with Gasteiger partial charge >= 0.3 is 0 Å². The molecule has 0 aliphatic rings. The first-order chi connectivity index (χ1) is 8.86. The van der Waals surface area contributed by atoms with Crippen molar-refractivity contribution in [2.75, 3.05) is 32.9 Å². The van der Waals surface area contributed by atoms with E-state index in [0.717, 1.165) is 4.31 Å². The highest BCUT2D eigenvalue weighted by atomic mass is 32.2. The maximum atomic E-state index is 11.7. The molecule has 0 atom stereocenters. The molecule has 0 aliphatic heterocycles. The van der Waals surface area contributed by atoms with Crippen LogP contribution in [0, 0.1) is 0 Å². The third-order valence-electron chi connectivity index (χ3n) is 2.33. The summed E-state index contributed by atoms with van der Waals surface area (Å²) in [6, 6.07) is 0. The van der Waals surface area contributed by atoms with Crippen LogP contribution in [-0.2, 0) is 16.6 Å². The number of hydrogen-bond acceptors (Lipinski definition) is 6. The first kappa shape index (κ1) is 15.5. The average Bonchev–Trinajstić information content (AvgIpc) is 2.77. The molecule has 0 unspecified atom stereocenters. The van der Waals surface area contributed by atoms with Gasteiger partial charge in [-0.15, -0.1) is 5.10 Å². The lowest BCUT2D eigenvalue weighted by Crippen LogP contribution is -2.34. The second-order valence-corrected chi connectivity index (χ2v) is 6.31. The van der Waals surface area contributed by atoms with E-state index in [9.17, 15) is 13.2 Å². The number of aromatic nitrogens is 3. The van der Waals surface area contributed by atoms with Crippen molar-refractivity contribution in [2.24, 2.45) is 5.73 Å². The summed E-state index contributed by atoms with van der Waals surface area (Å²) in [5.74, 6) is -0.625. The van der Waals surface area contributed by atoms with E-state index in [-0.39, 0.29) is 18.0 Å². The van der Waals surface area contributed by atoms with Crippen molar-refractivity contribution in [1.29, 1.82) is 0 Å². The van der Waals surface area contributed by atoms with Crippen LogP contribution in [0.2, 0.25) is 0 Å². The second-order valence-electron chi connectivity index (χ2n) is 4.01. The summed E-state index contributed by atoms with van der Waals surface area (Å²) in [4.78, 5) is 11.7. The Morgan fingerprint density at radius 2 is 2.21 bits per heavy atom. The highest BCUT2D eigenvalue weighted by Gasteiger charge is 2.15. The monoisotopic (exact) mass is 290 g/mol. The van der Waals surface area contributed by atoms with Crippen LogP contribution < -0.4 is 11.1 Å². The molecular formula is C9H18N6O3S. The minimum atomic E-state index is -3.32. The summed E-state index contributed by atoms with van der Waals surface area (Å²) in [6.07, 6.45) is 1.46. The maximum absolute atomic E-state index is 11.7. The molecule has 19 heavy (non-hydrogen) atoms. The molecular weight excluding hydrogens is 272 g/mol. The van der Waals surface area contributed by atoms with Gasteiger partial charge in [0.25, 0.3) is 5.91 Å². The molecule has 1 rings (SSSR count). The van der Waals surface area contributed by atoms with Crippen LogP contribution in [0.25, 0.3) is 0 Å². The van der Waals surface area contributed by atoms with Gasteiger partial charge in [-0.2, -0.15) is 0 Å². The van der Waals surface area contributed by atoms with E-state index in [4.69, 9.17) is 5.73 Å². The lowest BCUT2D eigenvalue weighted by atomic mass is 10.4. The number of sulfonamides is 1. The molecule has 1 amide bonds. The highest BCUT2D eigenvalue weighted by Crippen LogP contribution is 1.95. The zero-order valence-electron chi connectivity index (χ0n) is 10.9. The molecule has 9 nitrogen and oxygen atoms in total. The fourth-order valence-corrected chi connectivity index (χ4v) is 1.94. The van der Waals surface area contributed by atoms with Crippen molar-refractivity contribution in [3.05, 3.63) is 11.9 Å². The van der Waals surface area contributed by atoms with Gasteiger partial charge in [0.1, 0.15) is 0 Å². The topological polar surface area (TPSA) is 123 Å². The Morgan fingerprint density at radius 1 is 1.53 bits per heavy atom. The van der Waals surface area contributed by atoms with E-state index in [2.05, 4.69) is 15.6 Å². The molecule has 0 saturated carbocycles. The quantitative estimate of drug-likeness (QED) is 0.590. The molecule has 1 aromatic rings. The molecule has 0 radical (unpaired) electrons. The zero-order chi connectivity index (χ0) is 14.5. The minimum Gasteiger partial charge on any atom is -0.350 e. The van der Waals surface area contributed by atoms with Crippen LogP contribution in [0.15, 0.2) is 6.20 Å². The summed E-state index contributed by atoms with van der Waals surface area (Å²) in [5, 5.41) is 9.86. The van der Waals surface area contributed by atoms with Gasteiger partial charge in [0, 0.05) is 27.2 Å². The van der Waals surface area contributed by atoms with Crippen LogP contribution in [0.4, 0.5) is 0 Å². The van der Waals surface area contributed by atoms with E-state index in [1.165, 1.54) is 25.0 Å². The zero-order valence-corrected chi connectivity index (χ0v) is 11.7. The van der Waals surface area contributed by atoms with Gasteiger partial charge in [-0.1, -0.05) is 5.21 Å². The fourth-order valence-electron chi connectivity index (χ4n) is 1.21. The van der Waals surface area contributed by atoms with E-state index in [1.807, 2.05) is 0 Å². The molecule has 0 aliphatic carbocycles. The molecule has 108 valence electrons. The van der Waals surface area contributed by atoms with Gasteiger partial charge < -0.3 is 11.1 Å². The predicted octanol–water partition coefficient (Wildman–Crippen LogP) is -2.14. The summed E-state index contributed by atoms with van der Waals surface area (Å²) in [6.45, 7) is 0.879. The van der Waals surface area contributed by atoms with Crippen LogP contribution in [0.5, 0.6) is 0 Å². The van der Waals surface area contributed by atoms with Gasteiger partial charge in [0.15, 0.2) is 5.69 Å². The summed E-state index contributed by atoms with van der Waals surface area (Å²) < 4.78 is 25.5. The number of nitrogens with one attached hydrogen (secondary N) is 1. The predicted molar refractivity (Wildman–Crippen MR) is 68.9 cm³/mol. The Hall–Kier alpha value is -1.52. The number of rotatable bonds is 7. The first-order valence-corrected chi connectivity index (χ1v) is 7.26. The molecule has 0 fully saturated rings. The SMILES string of the molecule is CN(C)S(=O)(=O)CCNC(=O)c1cn(CCN)nn1. The molecule has 0 aromatic carbocycles. The van der Waals surface area contributed by atoms with Gasteiger partial charge in [0.05, 0.1) is 18.5 Å². The first-order valence-electron chi connectivity index (χ1n) is 5.65. The summed E-state index contributed by atoms with van der Waals surface area (Å²) in [7, 11) is -0.439. The molecule has 10 heteroatoms. The summed E-state index contributed by atoms with van der Waals surface area (Å²) >= 11 is 0. The third-order valence-corrected chi connectivity index (χ3v) is 4.16. The molecule has 0 spiro atoms. The molecule has 1 heterocycles. The van der Waals surface area contributed by atoms with Crippen molar-refractivity contribution in [3.8, 4) is 0 Å². The van der Waals surface area contributed by atoms with Crippen LogP contribution >= 0.6 is 0 Å². The Balaban J connectivity index is 2.47. The number of hydrogen-bond donors (Lipinski definition) is 2. The Bertz CT molecular complexity index is 524. The third kappa shape index (κ3) is 4.58.